The molecule has 8 nitrogen and oxygen atoms in total. The van der Waals surface area contributed by atoms with Crippen LogP contribution in [0.3, 0.4) is 0 Å². The molecule has 1 aromatic heterocycles. The van der Waals surface area contributed by atoms with E-state index < -0.39 is 11.7 Å². The van der Waals surface area contributed by atoms with Crippen LogP contribution in [0.25, 0.3) is 0 Å². The number of hydrogen-bond acceptors (Lipinski definition) is 5. The van der Waals surface area contributed by atoms with Crippen LogP contribution in [0.2, 0.25) is 0 Å². The molecule has 0 saturated carbocycles. The molecule has 1 N–H and O–H groups in total. The third-order valence-electron chi connectivity index (χ3n) is 6.69. The number of aromatic nitrogens is 2. The fourth-order valence-electron chi connectivity index (χ4n) is 4.47. The summed E-state index contributed by atoms with van der Waals surface area (Å²) < 4.78 is 20.4. The molecule has 3 heterocycles. The van der Waals surface area contributed by atoms with E-state index >= 15 is 0 Å². The average Bonchev–Trinajstić information content (AvgIpc) is 3.22. The second kappa shape index (κ2) is 9.05. The molecular weight excluding hydrogens is 427 g/mol. The topological polar surface area (TPSA) is 95.6 Å². The average molecular weight is 457 g/mol. The van der Waals surface area contributed by atoms with Gasteiger partial charge in [-0.25, -0.2) is 9.49 Å². The number of amides is 2. The fourth-order valence-corrected chi connectivity index (χ4v) is 4.47. The number of hydrogen-bond donors (Lipinski definition) is 1. The van der Waals surface area contributed by atoms with E-state index in [1.54, 1.807) is 17.9 Å². The van der Waals surface area contributed by atoms with Gasteiger partial charge in [-0.3, -0.25) is 14.4 Å². The van der Waals surface area contributed by atoms with Crippen molar-refractivity contribution in [2.24, 2.45) is 0 Å². The Morgan fingerprint density at radius 1 is 1.24 bits per heavy atom. The summed E-state index contributed by atoms with van der Waals surface area (Å²) in [6.07, 6.45) is 2.22. The zero-order valence-electron chi connectivity index (χ0n) is 19.2. The van der Waals surface area contributed by atoms with Crippen LogP contribution in [0.5, 0.6) is 0 Å². The number of benzene rings is 1. The normalized spacial score (nSPS) is 21.0. The minimum Gasteiger partial charge on any atom is -0.373 e. The van der Waals surface area contributed by atoms with Crippen molar-refractivity contribution < 1.29 is 18.7 Å². The molecular formula is C24H29FN4O4. The maximum atomic E-state index is 14.6. The first-order valence-electron chi connectivity index (χ1n) is 11.2. The molecule has 1 atom stereocenters. The Morgan fingerprint density at radius 3 is 2.73 bits per heavy atom. The van der Waals surface area contributed by atoms with Crippen molar-refractivity contribution in [3.05, 3.63) is 62.3 Å². The molecule has 2 saturated heterocycles. The van der Waals surface area contributed by atoms with E-state index in [0.29, 0.717) is 49.5 Å². The van der Waals surface area contributed by atoms with Crippen molar-refractivity contribution >= 4 is 11.8 Å². The van der Waals surface area contributed by atoms with Gasteiger partial charge in [0.25, 0.3) is 11.5 Å². The largest absolute Gasteiger partial charge is 0.373 e. The Morgan fingerprint density at radius 2 is 2.03 bits per heavy atom. The van der Waals surface area contributed by atoms with Gasteiger partial charge in [0.15, 0.2) is 0 Å². The Labute approximate surface area is 191 Å². The molecule has 0 radical (unpaired) electrons. The van der Waals surface area contributed by atoms with Gasteiger partial charge in [-0.05, 0) is 56.9 Å². The maximum absolute atomic E-state index is 14.6. The quantitative estimate of drug-likeness (QED) is 0.742. The second-order valence-corrected chi connectivity index (χ2v) is 9.18. The minimum atomic E-state index is -0.632. The predicted molar refractivity (Wildman–Crippen MR) is 120 cm³/mol. The highest BCUT2D eigenvalue weighted by molar-refractivity contribution is 5.97. The molecule has 1 aromatic carbocycles. The molecule has 0 bridgehead atoms. The van der Waals surface area contributed by atoms with Gasteiger partial charge in [-0.2, -0.15) is 5.10 Å². The summed E-state index contributed by atoms with van der Waals surface area (Å²) >= 11 is 0. The highest BCUT2D eigenvalue weighted by atomic mass is 19.1. The van der Waals surface area contributed by atoms with E-state index in [1.807, 2.05) is 13.8 Å². The van der Waals surface area contributed by atoms with E-state index in [1.165, 1.54) is 17.0 Å². The summed E-state index contributed by atoms with van der Waals surface area (Å²) in [4.78, 5) is 40.6. The molecule has 0 spiro atoms. The van der Waals surface area contributed by atoms with Gasteiger partial charge in [0.2, 0.25) is 5.91 Å². The number of nitrogens with one attached hydrogen (secondary N) is 1. The second-order valence-electron chi connectivity index (χ2n) is 9.18. The SMILES string of the molecule is Cc1c(Cc2ccc(F)c(C(=O)N3CCN(CC4(C)CCCO4)C(=O)C3)c2)n[nH]c(=O)c1C. The first-order valence-corrected chi connectivity index (χ1v) is 11.2. The van der Waals surface area contributed by atoms with Crippen molar-refractivity contribution in [1.29, 1.82) is 0 Å². The van der Waals surface area contributed by atoms with Gasteiger partial charge in [-0.15, -0.1) is 0 Å². The van der Waals surface area contributed by atoms with Gasteiger partial charge in [0.05, 0.1) is 16.9 Å². The van der Waals surface area contributed by atoms with Crippen LogP contribution < -0.4 is 5.56 Å². The number of nitrogens with zero attached hydrogens (tertiary/aromatic N) is 3. The molecule has 4 rings (SSSR count). The van der Waals surface area contributed by atoms with E-state index in [0.717, 1.165) is 18.4 Å². The number of rotatable bonds is 5. The first kappa shape index (κ1) is 23.1. The Balaban J connectivity index is 1.47. The molecule has 2 fully saturated rings. The number of carbonyl (C=O) groups is 2. The Hall–Kier alpha value is -3.07. The zero-order chi connectivity index (χ0) is 23.8. The molecule has 2 aromatic rings. The lowest BCUT2D eigenvalue weighted by atomic mass is 10.0. The lowest BCUT2D eigenvalue weighted by molar-refractivity contribution is -0.139. The number of piperazine rings is 1. The van der Waals surface area contributed by atoms with Crippen LogP contribution in [0.15, 0.2) is 23.0 Å². The summed E-state index contributed by atoms with van der Waals surface area (Å²) in [5, 5.41) is 6.56. The fraction of sp³-hybridized carbons (Fsp3) is 0.500. The van der Waals surface area contributed by atoms with Crippen LogP contribution in [-0.4, -0.2) is 70.2 Å². The molecule has 2 aliphatic rings. The van der Waals surface area contributed by atoms with Crippen LogP contribution in [0.1, 0.15) is 52.5 Å². The number of aromatic amines is 1. The monoisotopic (exact) mass is 456 g/mol. The lowest BCUT2D eigenvalue weighted by Crippen LogP contribution is -2.55. The van der Waals surface area contributed by atoms with Crippen LogP contribution in [0, 0.1) is 19.7 Å². The summed E-state index contributed by atoms with van der Waals surface area (Å²) in [5.41, 5.74) is 2.03. The van der Waals surface area contributed by atoms with E-state index in [-0.39, 0.29) is 29.2 Å². The maximum Gasteiger partial charge on any atom is 0.267 e. The standard InChI is InChI=1S/C24H29FN4O4/c1-15-16(2)22(31)27-26-20(15)12-17-5-6-19(25)18(11-17)23(32)28-8-9-29(21(30)13-28)14-24(3)7-4-10-33-24/h5-6,11H,4,7-10,12-14H2,1-3H3,(H,27,31). The lowest BCUT2D eigenvalue weighted by Gasteiger charge is -2.38. The van der Waals surface area contributed by atoms with Gasteiger partial charge in [0, 0.05) is 38.2 Å². The van der Waals surface area contributed by atoms with Crippen molar-refractivity contribution in [2.45, 2.75) is 45.6 Å². The molecule has 9 heteroatoms. The van der Waals surface area contributed by atoms with Crippen LogP contribution in [0.4, 0.5) is 4.39 Å². The third-order valence-corrected chi connectivity index (χ3v) is 6.69. The number of carbonyl (C=O) groups excluding carboxylic acids is 2. The highest BCUT2D eigenvalue weighted by Gasteiger charge is 2.36. The number of ether oxygens (including phenoxy) is 1. The van der Waals surface area contributed by atoms with Gasteiger partial charge in [-0.1, -0.05) is 6.07 Å². The number of H-pyrrole nitrogens is 1. The zero-order valence-corrected chi connectivity index (χ0v) is 19.2. The molecule has 33 heavy (non-hydrogen) atoms. The molecule has 2 aliphatic heterocycles. The van der Waals surface area contributed by atoms with Crippen LogP contribution >= 0.6 is 0 Å². The van der Waals surface area contributed by atoms with Crippen molar-refractivity contribution in [3.63, 3.8) is 0 Å². The summed E-state index contributed by atoms with van der Waals surface area (Å²) in [5.74, 6) is -1.30. The molecule has 1 unspecified atom stereocenters. The minimum absolute atomic E-state index is 0.0707. The number of halogens is 1. The summed E-state index contributed by atoms with van der Waals surface area (Å²) in [7, 11) is 0. The third kappa shape index (κ3) is 4.83. The van der Waals surface area contributed by atoms with E-state index in [4.69, 9.17) is 4.74 Å². The van der Waals surface area contributed by atoms with Crippen LogP contribution in [-0.2, 0) is 16.0 Å². The summed E-state index contributed by atoms with van der Waals surface area (Å²) in [6.45, 7) is 7.38. The van der Waals surface area contributed by atoms with Crippen molar-refractivity contribution in [1.82, 2.24) is 20.0 Å². The van der Waals surface area contributed by atoms with Crippen molar-refractivity contribution in [2.75, 3.05) is 32.8 Å². The first-order chi connectivity index (χ1) is 15.7. The van der Waals surface area contributed by atoms with E-state index in [2.05, 4.69) is 10.2 Å². The predicted octanol–water partition coefficient (Wildman–Crippen LogP) is 1.97. The molecule has 0 aliphatic carbocycles. The van der Waals surface area contributed by atoms with Gasteiger partial charge < -0.3 is 14.5 Å². The Bertz CT molecular complexity index is 1140. The molecule has 176 valence electrons. The van der Waals surface area contributed by atoms with Gasteiger partial charge in [0.1, 0.15) is 12.4 Å². The smallest absolute Gasteiger partial charge is 0.267 e. The van der Waals surface area contributed by atoms with Gasteiger partial charge >= 0.3 is 0 Å². The van der Waals surface area contributed by atoms with Crippen molar-refractivity contribution in [3.8, 4) is 0 Å². The summed E-state index contributed by atoms with van der Waals surface area (Å²) in [6, 6.07) is 4.36. The molecule has 2 amide bonds. The highest BCUT2D eigenvalue weighted by Crippen LogP contribution is 2.27. The Kier molecular flexibility index (Phi) is 6.34. The van der Waals surface area contributed by atoms with E-state index in [9.17, 15) is 18.8 Å².